The van der Waals surface area contributed by atoms with Crippen LogP contribution in [-0.4, -0.2) is 61.6 Å². The molecule has 23 heavy (non-hydrogen) atoms. The number of ether oxygens (including phenoxy) is 2. The second-order valence-electron chi connectivity index (χ2n) is 7.49. The van der Waals surface area contributed by atoms with E-state index in [0.29, 0.717) is 24.3 Å². The van der Waals surface area contributed by atoms with Crippen molar-refractivity contribution in [1.82, 2.24) is 0 Å². The molecule has 3 aliphatic rings. The number of piperidine rings is 1. The zero-order chi connectivity index (χ0) is 16.2. The average Bonchev–Trinajstić information content (AvgIpc) is 3.27. The fourth-order valence-corrected chi connectivity index (χ4v) is 4.53. The van der Waals surface area contributed by atoms with E-state index in [-0.39, 0.29) is 12.1 Å². The van der Waals surface area contributed by atoms with Gasteiger partial charge >= 0.3 is 5.97 Å². The first kappa shape index (κ1) is 15.1. The third-order valence-electron chi connectivity index (χ3n) is 5.97. The van der Waals surface area contributed by atoms with E-state index in [1.165, 1.54) is 0 Å². The summed E-state index contributed by atoms with van der Waals surface area (Å²) < 4.78 is 12.4. The summed E-state index contributed by atoms with van der Waals surface area (Å²) in [5.74, 6) is -1.08. The highest BCUT2D eigenvalue weighted by atomic mass is 16.6. The van der Waals surface area contributed by atoms with Crippen molar-refractivity contribution in [1.29, 1.82) is 0 Å². The molecule has 3 aliphatic heterocycles. The predicted octanol–water partition coefficient (Wildman–Crippen LogP) is 0.431. The number of morpholine rings is 1. The Hall–Kier alpha value is -1.43. The van der Waals surface area contributed by atoms with Crippen molar-refractivity contribution in [2.45, 2.75) is 49.2 Å². The average molecular weight is 317 g/mol. The van der Waals surface area contributed by atoms with Crippen LogP contribution < -0.4 is 5.11 Å². The van der Waals surface area contributed by atoms with Gasteiger partial charge in [0.15, 0.2) is 0 Å². The maximum atomic E-state index is 12.5. The molecule has 0 amide bonds. The highest BCUT2D eigenvalue weighted by Crippen LogP contribution is 2.51. The maximum absolute atomic E-state index is 12.5. The summed E-state index contributed by atoms with van der Waals surface area (Å²) in [6.45, 7) is -0.474. The lowest BCUT2D eigenvalue weighted by Gasteiger charge is -2.45. The van der Waals surface area contributed by atoms with Crippen LogP contribution in [-0.2, 0) is 14.3 Å². The molecule has 0 N–H and O–H groups in total. The van der Waals surface area contributed by atoms with Gasteiger partial charge in [0.1, 0.15) is 30.4 Å². The topological polar surface area (TPSA) is 61.9 Å². The van der Waals surface area contributed by atoms with Gasteiger partial charge < -0.3 is 19.1 Å². The molecule has 6 atom stereocenters. The Bertz CT molecular complexity index is 582. The van der Waals surface area contributed by atoms with E-state index in [2.05, 4.69) is 14.1 Å². The minimum atomic E-state index is -0.705. The van der Waals surface area contributed by atoms with Crippen LogP contribution >= 0.6 is 0 Å². The number of hydrogen-bond acceptors (Lipinski definition) is 4. The lowest BCUT2D eigenvalue weighted by atomic mass is 9.95. The second kappa shape index (κ2) is 5.30. The fraction of sp³-hybridized carbons (Fsp3) is 0.611. The first-order valence-corrected chi connectivity index (χ1v) is 8.34. The largest absolute Gasteiger partial charge is 0.854 e. The van der Waals surface area contributed by atoms with E-state index in [1.54, 1.807) is 0 Å². The van der Waals surface area contributed by atoms with Crippen LogP contribution in [0.1, 0.15) is 24.3 Å². The van der Waals surface area contributed by atoms with Gasteiger partial charge in [0.25, 0.3) is 0 Å². The minimum Gasteiger partial charge on any atom is -0.854 e. The van der Waals surface area contributed by atoms with Crippen molar-refractivity contribution in [2.75, 3.05) is 20.7 Å². The Kier molecular flexibility index (Phi) is 3.48. The molecule has 0 spiro atoms. The molecule has 5 heteroatoms. The number of rotatable bonds is 4. The Morgan fingerprint density at radius 1 is 1.26 bits per heavy atom. The third-order valence-corrected chi connectivity index (χ3v) is 5.97. The lowest BCUT2D eigenvalue weighted by Crippen LogP contribution is -2.60. The van der Waals surface area contributed by atoms with Crippen LogP contribution in [0.15, 0.2) is 30.3 Å². The monoisotopic (exact) mass is 317 g/mol. The molecular formula is C18H23NO4. The van der Waals surface area contributed by atoms with Gasteiger partial charge in [-0.25, -0.2) is 0 Å². The molecule has 1 aromatic carbocycles. The number of fused-ring (bicyclic) bond motifs is 5. The first-order valence-electron chi connectivity index (χ1n) is 8.34. The van der Waals surface area contributed by atoms with E-state index in [4.69, 9.17) is 9.47 Å². The number of carbonyl (C=O) groups is 1. The molecule has 3 saturated heterocycles. The molecule has 4 rings (SSSR count). The summed E-state index contributed by atoms with van der Waals surface area (Å²) in [6.07, 6.45) is 2.25. The molecule has 0 aliphatic carbocycles. The Balaban J connectivity index is 1.44. The molecule has 1 aromatic rings. The number of esters is 1. The summed E-state index contributed by atoms with van der Waals surface area (Å²) in [5.41, 5.74) is 0.744. The first-order chi connectivity index (χ1) is 11.0. The van der Waals surface area contributed by atoms with E-state index in [1.807, 2.05) is 30.3 Å². The van der Waals surface area contributed by atoms with E-state index in [9.17, 15) is 9.90 Å². The molecule has 124 valence electrons. The predicted molar refractivity (Wildman–Crippen MR) is 81.5 cm³/mol. The quantitative estimate of drug-likeness (QED) is 0.459. The molecule has 2 bridgehead atoms. The Morgan fingerprint density at radius 3 is 2.43 bits per heavy atom. The highest BCUT2D eigenvalue weighted by molar-refractivity contribution is 5.78. The summed E-state index contributed by atoms with van der Waals surface area (Å²) >= 11 is 0. The summed E-state index contributed by atoms with van der Waals surface area (Å²) in [5, 5.41) is 11.5. The molecule has 0 aromatic heterocycles. The van der Waals surface area contributed by atoms with Crippen molar-refractivity contribution in [2.24, 2.45) is 0 Å². The molecule has 5 nitrogen and oxygen atoms in total. The van der Waals surface area contributed by atoms with Gasteiger partial charge in [-0.3, -0.25) is 4.79 Å². The number of quaternary nitrogens is 1. The SMILES string of the molecule is C[N+]1(C)C2CC(OC(=O)C(C[O-])c3ccccc3)CC1[C@@H]1O[C@H]21. The van der Waals surface area contributed by atoms with E-state index < -0.39 is 12.5 Å². The molecular weight excluding hydrogens is 294 g/mol. The van der Waals surface area contributed by atoms with Crippen molar-refractivity contribution in [3.63, 3.8) is 0 Å². The van der Waals surface area contributed by atoms with Gasteiger partial charge in [0.05, 0.1) is 20.0 Å². The van der Waals surface area contributed by atoms with Gasteiger partial charge in [-0.15, -0.1) is 6.61 Å². The zero-order valence-electron chi connectivity index (χ0n) is 13.6. The van der Waals surface area contributed by atoms with Gasteiger partial charge in [-0.1, -0.05) is 30.3 Å². The molecule has 3 fully saturated rings. The Morgan fingerprint density at radius 2 is 1.87 bits per heavy atom. The zero-order valence-corrected chi connectivity index (χ0v) is 13.6. The summed E-state index contributed by atoms with van der Waals surface area (Å²) in [7, 11) is 4.49. The van der Waals surface area contributed by atoms with Crippen LogP contribution in [0.4, 0.5) is 0 Å². The van der Waals surface area contributed by atoms with Crippen LogP contribution in [0, 0.1) is 0 Å². The van der Waals surface area contributed by atoms with Crippen molar-refractivity contribution in [3.05, 3.63) is 35.9 Å². The van der Waals surface area contributed by atoms with Crippen LogP contribution in [0.5, 0.6) is 0 Å². The summed E-state index contributed by atoms with van der Waals surface area (Å²) in [6, 6.07) is 10.0. The minimum absolute atomic E-state index is 0.0854. The van der Waals surface area contributed by atoms with Crippen LogP contribution in [0.3, 0.4) is 0 Å². The Labute approximate surface area is 136 Å². The maximum Gasteiger partial charge on any atom is 0.312 e. The molecule has 3 heterocycles. The lowest BCUT2D eigenvalue weighted by molar-refractivity contribution is -0.938. The van der Waals surface area contributed by atoms with Crippen molar-refractivity contribution < 1.29 is 23.9 Å². The van der Waals surface area contributed by atoms with E-state index in [0.717, 1.165) is 22.9 Å². The number of likely N-dealkylation sites (N-methyl/N-ethyl adjacent to an activating group) is 1. The van der Waals surface area contributed by atoms with Gasteiger partial charge in [0.2, 0.25) is 0 Å². The number of nitrogens with zero attached hydrogens (tertiary/aromatic N) is 1. The normalized spacial score (nSPS) is 37.8. The highest BCUT2D eigenvalue weighted by Gasteiger charge is 2.70. The summed E-state index contributed by atoms with van der Waals surface area (Å²) in [4.78, 5) is 12.5. The van der Waals surface area contributed by atoms with Gasteiger partial charge in [-0.05, 0) is 5.56 Å². The number of epoxide rings is 1. The number of carbonyl (C=O) groups excluding carboxylic acids is 1. The fourth-order valence-electron chi connectivity index (χ4n) is 4.53. The van der Waals surface area contributed by atoms with Crippen molar-refractivity contribution in [3.8, 4) is 0 Å². The van der Waals surface area contributed by atoms with Gasteiger partial charge in [-0.2, -0.15) is 0 Å². The van der Waals surface area contributed by atoms with Crippen LogP contribution in [0.25, 0.3) is 0 Å². The van der Waals surface area contributed by atoms with Crippen molar-refractivity contribution >= 4 is 5.97 Å². The molecule has 4 unspecified atom stereocenters. The van der Waals surface area contributed by atoms with Gasteiger partial charge in [0, 0.05) is 12.8 Å². The third kappa shape index (κ3) is 2.38. The van der Waals surface area contributed by atoms with E-state index >= 15 is 0 Å². The number of hydrogen-bond donors (Lipinski definition) is 0. The van der Waals surface area contributed by atoms with Crippen LogP contribution in [0.2, 0.25) is 0 Å². The molecule has 0 saturated carbocycles. The second-order valence-corrected chi connectivity index (χ2v) is 7.49. The standard InChI is InChI=1S/C18H23NO4/c1-19(2)14-8-12(9-15(19)17-16(14)23-17)22-18(21)13(10-20)11-6-4-3-5-7-11/h3-7,12-17H,8-10H2,1-2H3/t12?,13?,14?,15?,16-,17+. The molecule has 0 radical (unpaired) electrons. The smallest absolute Gasteiger partial charge is 0.312 e. The number of benzene rings is 1.